The van der Waals surface area contributed by atoms with Crippen LogP contribution in [0.5, 0.6) is 5.75 Å². The minimum atomic E-state index is -0.632. The molecule has 0 aliphatic carbocycles. The third kappa shape index (κ3) is 4.23. The number of benzene rings is 2. The molecule has 1 aromatic heterocycles. The van der Waals surface area contributed by atoms with E-state index in [0.717, 1.165) is 4.70 Å². The van der Waals surface area contributed by atoms with Crippen LogP contribution in [0.15, 0.2) is 41.4 Å². The molecule has 0 aliphatic heterocycles. The van der Waals surface area contributed by atoms with E-state index in [4.69, 9.17) is 9.47 Å². The number of nitro groups is 1. The second-order valence-electron chi connectivity index (χ2n) is 6.23. The quantitative estimate of drug-likeness (QED) is 0.338. The molecule has 30 heavy (non-hydrogen) atoms. The Hall–Kier alpha value is -3.53. The average Bonchev–Trinajstić information content (AvgIpc) is 3.03. The highest BCUT2D eigenvalue weighted by molar-refractivity contribution is 7.16. The van der Waals surface area contributed by atoms with Gasteiger partial charge in [-0.15, -0.1) is 0 Å². The van der Waals surface area contributed by atoms with Crippen molar-refractivity contribution in [1.29, 1.82) is 0 Å². The smallest absolute Gasteiger partial charge is 0.326 e. The minimum absolute atomic E-state index is 0.125. The number of carbonyl (C=O) groups excluding carboxylic acids is 2. The summed E-state index contributed by atoms with van der Waals surface area (Å²) in [7, 11) is 1.54. The van der Waals surface area contributed by atoms with E-state index in [-0.39, 0.29) is 34.8 Å². The van der Waals surface area contributed by atoms with Gasteiger partial charge in [-0.3, -0.25) is 19.7 Å². The van der Waals surface area contributed by atoms with E-state index < -0.39 is 16.8 Å². The fourth-order valence-electron chi connectivity index (χ4n) is 2.95. The van der Waals surface area contributed by atoms with Gasteiger partial charge in [0.2, 0.25) is 0 Å². The Morgan fingerprint density at radius 3 is 2.70 bits per heavy atom. The molecular weight excluding hydrogens is 410 g/mol. The van der Waals surface area contributed by atoms with Crippen LogP contribution in [0.1, 0.15) is 22.8 Å². The Bertz CT molecular complexity index is 1210. The Kier molecular flexibility index (Phi) is 6.26. The van der Waals surface area contributed by atoms with Crippen molar-refractivity contribution >= 4 is 39.1 Å². The van der Waals surface area contributed by atoms with Gasteiger partial charge in [-0.1, -0.05) is 17.4 Å². The summed E-state index contributed by atoms with van der Waals surface area (Å²) in [5.41, 5.74) is 0.894. The molecule has 0 N–H and O–H groups in total. The predicted molar refractivity (Wildman–Crippen MR) is 111 cm³/mol. The molecule has 0 spiro atoms. The number of nitrogens with zero attached hydrogens (tertiary/aromatic N) is 3. The topological polar surface area (TPSA) is 113 Å². The van der Waals surface area contributed by atoms with Gasteiger partial charge in [0.15, 0.2) is 4.80 Å². The van der Waals surface area contributed by atoms with Crippen molar-refractivity contribution in [3.63, 3.8) is 0 Å². The lowest BCUT2D eigenvalue weighted by molar-refractivity contribution is -0.385. The Labute approximate surface area is 175 Å². The molecule has 1 amide bonds. The minimum Gasteiger partial charge on any atom is -0.497 e. The van der Waals surface area contributed by atoms with Crippen molar-refractivity contribution in [2.45, 2.75) is 20.4 Å². The molecule has 0 bridgehead atoms. The molecule has 9 nitrogen and oxygen atoms in total. The van der Waals surface area contributed by atoms with Crippen LogP contribution in [0.3, 0.4) is 0 Å². The molecule has 0 aliphatic rings. The Morgan fingerprint density at radius 1 is 1.27 bits per heavy atom. The summed E-state index contributed by atoms with van der Waals surface area (Å²) in [6, 6.07) is 9.55. The average molecular weight is 429 g/mol. The zero-order chi connectivity index (χ0) is 21.8. The van der Waals surface area contributed by atoms with Gasteiger partial charge < -0.3 is 14.0 Å². The number of nitro benzene ring substituents is 1. The van der Waals surface area contributed by atoms with Gasteiger partial charge in [0, 0.05) is 11.6 Å². The van der Waals surface area contributed by atoms with Crippen molar-refractivity contribution in [3.05, 3.63) is 62.4 Å². The Balaban J connectivity index is 2.15. The molecule has 0 radical (unpaired) electrons. The van der Waals surface area contributed by atoms with E-state index >= 15 is 0 Å². The number of ether oxygens (including phenoxy) is 2. The van der Waals surface area contributed by atoms with Gasteiger partial charge in [0.25, 0.3) is 11.6 Å². The maximum atomic E-state index is 12.8. The molecule has 10 heteroatoms. The predicted octanol–water partition coefficient (Wildman–Crippen LogP) is 3.23. The fraction of sp³-hybridized carbons (Fsp3) is 0.250. The number of thiazole rings is 1. The second-order valence-corrected chi connectivity index (χ2v) is 7.24. The molecule has 0 saturated heterocycles. The number of methoxy groups -OCH3 is 1. The first-order valence-electron chi connectivity index (χ1n) is 9.01. The van der Waals surface area contributed by atoms with Gasteiger partial charge in [0.1, 0.15) is 12.3 Å². The number of fused-ring (bicyclic) bond motifs is 1. The van der Waals surface area contributed by atoms with Gasteiger partial charge in [-0.05, 0) is 38.1 Å². The van der Waals surface area contributed by atoms with Crippen LogP contribution < -0.4 is 9.54 Å². The summed E-state index contributed by atoms with van der Waals surface area (Å²) in [6.45, 7) is 3.32. The van der Waals surface area contributed by atoms with Crippen molar-refractivity contribution < 1.29 is 24.0 Å². The summed E-state index contributed by atoms with van der Waals surface area (Å²) in [5.74, 6) is -0.472. The highest BCUT2D eigenvalue weighted by Crippen LogP contribution is 2.24. The molecule has 156 valence electrons. The lowest BCUT2D eigenvalue weighted by atomic mass is 10.1. The molecule has 1 heterocycles. The fourth-order valence-corrected chi connectivity index (χ4v) is 4.01. The normalized spacial score (nSPS) is 11.5. The molecule has 0 saturated carbocycles. The van der Waals surface area contributed by atoms with Crippen molar-refractivity contribution in [2.75, 3.05) is 13.7 Å². The lowest BCUT2D eigenvalue weighted by Gasteiger charge is -2.06. The molecular formula is C20H19N3O6S. The van der Waals surface area contributed by atoms with Crippen LogP contribution in [-0.2, 0) is 16.1 Å². The van der Waals surface area contributed by atoms with Crippen molar-refractivity contribution in [1.82, 2.24) is 4.57 Å². The largest absolute Gasteiger partial charge is 0.497 e. The molecule has 3 rings (SSSR count). The summed E-state index contributed by atoms with van der Waals surface area (Å²) in [5, 5.41) is 11.2. The Morgan fingerprint density at radius 2 is 2.03 bits per heavy atom. The molecule has 0 atom stereocenters. The van der Waals surface area contributed by atoms with Crippen LogP contribution in [-0.4, -0.2) is 35.1 Å². The number of carbonyl (C=O) groups is 2. The monoisotopic (exact) mass is 429 g/mol. The third-order valence-corrected chi connectivity index (χ3v) is 5.45. The van der Waals surface area contributed by atoms with E-state index in [2.05, 4.69) is 4.99 Å². The van der Waals surface area contributed by atoms with E-state index in [9.17, 15) is 19.7 Å². The third-order valence-electron chi connectivity index (χ3n) is 4.41. The summed E-state index contributed by atoms with van der Waals surface area (Å²) >= 11 is 1.21. The van der Waals surface area contributed by atoms with Gasteiger partial charge >= 0.3 is 5.97 Å². The van der Waals surface area contributed by atoms with Crippen LogP contribution in [0.25, 0.3) is 10.2 Å². The number of aromatic nitrogens is 1. The summed E-state index contributed by atoms with van der Waals surface area (Å²) in [4.78, 5) is 40.0. The standard InChI is InChI=1S/C20H19N3O6S/c1-4-29-18(24)11-22-16-9-8-13(28-3)10-17(16)30-20(22)21-19(25)14-6-5-7-15(12(14)2)23(26)27/h5-10H,4,11H2,1-3H3. The summed E-state index contributed by atoms with van der Waals surface area (Å²) < 4.78 is 12.6. The van der Waals surface area contributed by atoms with E-state index in [1.54, 1.807) is 36.8 Å². The van der Waals surface area contributed by atoms with Crippen LogP contribution in [0, 0.1) is 17.0 Å². The first-order valence-corrected chi connectivity index (χ1v) is 9.83. The van der Waals surface area contributed by atoms with Crippen molar-refractivity contribution in [3.8, 4) is 5.75 Å². The highest BCUT2D eigenvalue weighted by Gasteiger charge is 2.19. The second kappa shape index (κ2) is 8.87. The van der Waals surface area contributed by atoms with E-state index in [1.807, 2.05) is 0 Å². The molecule has 0 unspecified atom stereocenters. The first kappa shape index (κ1) is 21.2. The zero-order valence-electron chi connectivity index (χ0n) is 16.6. The zero-order valence-corrected chi connectivity index (χ0v) is 17.4. The van der Waals surface area contributed by atoms with Crippen molar-refractivity contribution in [2.24, 2.45) is 4.99 Å². The number of amides is 1. The van der Waals surface area contributed by atoms with Crippen LogP contribution >= 0.6 is 11.3 Å². The van der Waals surface area contributed by atoms with Crippen LogP contribution in [0.2, 0.25) is 0 Å². The number of rotatable bonds is 6. The molecule has 3 aromatic rings. The SMILES string of the molecule is CCOC(=O)Cn1c(=NC(=O)c2cccc([N+](=O)[O-])c2C)sc2cc(OC)ccc21. The van der Waals surface area contributed by atoms with Crippen LogP contribution in [0.4, 0.5) is 5.69 Å². The lowest BCUT2D eigenvalue weighted by Crippen LogP contribution is -2.23. The van der Waals surface area contributed by atoms with Gasteiger partial charge in [0.05, 0.1) is 34.4 Å². The number of hydrogen-bond acceptors (Lipinski definition) is 7. The van der Waals surface area contributed by atoms with E-state index in [1.165, 1.54) is 36.5 Å². The molecule has 2 aromatic carbocycles. The first-order chi connectivity index (χ1) is 14.3. The molecule has 0 fully saturated rings. The number of esters is 1. The maximum Gasteiger partial charge on any atom is 0.326 e. The van der Waals surface area contributed by atoms with Gasteiger partial charge in [-0.25, -0.2) is 0 Å². The maximum absolute atomic E-state index is 12.8. The highest BCUT2D eigenvalue weighted by atomic mass is 32.1. The van der Waals surface area contributed by atoms with E-state index in [0.29, 0.717) is 11.3 Å². The van der Waals surface area contributed by atoms with Gasteiger partial charge in [-0.2, -0.15) is 4.99 Å². The number of hydrogen-bond donors (Lipinski definition) is 0. The summed E-state index contributed by atoms with van der Waals surface area (Å²) in [6.07, 6.45) is 0.